The molecule has 0 unspecified atom stereocenters. The van der Waals surface area contributed by atoms with E-state index in [1.807, 2.05) is 31.2 Å². The van der Waals surface area contributed by atoms with Crippen LogP contribution in [0.5, 0.6) is 0 Å². The summed E-state index contributed by atoms with van der Waals surface area (Å²) < 4.78 is 0. The summed E-state index contributed by atoms with van der Waals surface area (Å²) in [4.78, 5) is 15.9. The first-order chi connectivity index (χ1) is 7.63. The van der Waals surface area contributed by atoms with Crippen LogP contribution in [-0.2, 0) is 0 Å². The number of rotatable bonds is 1. The van der Waals surface area contributed by atoms with E-state index in [0.29, 0.717) is 11.3 Å². The van der Waals surface area contributed by atoms with Crippen LogP contribution in [-0.4, -0.2) is 10.9 Å². The predicted octanol–water partition coefficient (Wildman–Crippen LogP) is 1.46. The lowest BCUT2D eigenvalue weighted by molar-refractivity contribution is 0.0953. The summed E-state index contributed by atoms with van der Waals surface area (Å²) in [6.07, 6.45) is 0. The molecule has 1 heterocycles. The Bertz CT molecular complexity index is 563. The van der Waals surface area contributed by atoms with Gasteiger partial charge in [-0.3, -0.25) is 15.2 Å². The minimum Gasteiger partial charge on any atom is -0.290 e. The summed E-state index contributed by atoms with van der Waals surface area (Å²) in [7, 11) is 0. The summed E-state index contributed by atoms with van der Waals surface area (Å²) in [5.74, 6) is 4.81. The van der Waals surface area contributed by atoms with E-state index >= 15 is 0 Å². The molecule has 2 aromatic rings. The summed E-state index contributed by atoms with van der Waals surface area (Å²) in [6.45, 7) is 3.80. The lowest BCUT2D eigenvalue weighted by Gasteiger charge is -2.07. The van der Waals surface area contributed by atoms with Gasteiger partial charge in [0.05, 0.1) is 16.8 Å². The molecule has 0 aliphatic rings. The van der Waals surface area contributed by atoms with Crippen molar-refractivity contribution in [2.24, 2.45) is 5.84 Å². The van der Waals surface area contributed by atoms with Gasteiger partial charge in [0.25, 0.3) is 5.91 Å². The van der Waals surface area contributed by atoms with E-state index in [1.165, 1.54) is 0 Å². The van der Waals surface area contributed by atoms with Gasteiger partial charge in [0.1, 0.15) is 0 Å². The van der Waals surface area contributed by atoms with Gasteiger partial charge in [-0.2, -0.15) is 0 Å². The molecule has 0 aliphatic heterocycles. The summed E-state index contributed by atoms with van der Waals surface area (Å²) >= 11 is 0. The molecule has 2 rings (SSSR count). The van der Waals surface area contributed by atoms with Crippen LogP contribution >= 0.6 is 0 Å². The van der Waals surface area contributed by atoms with Gasteiger partial charge >= 0.3 is 0 Å². The second kappa shape index (κ2) is 3.90. The molecule has 1 amide bonds. The van der Waals surface area contributed by atoms with Crippen molar-refractivity contribution in [1.82, 2.24) is 10.4 Å². The average Bonchev–Trinajstić information content (AvgIpc) is 2.29. The normalized spacial score (nSPS) is 10.4. The summed E-state index contributed by atoms with van der Waals surface area (Å²) in [6, 6.07) is 7.69. The van der Waals surface area contributed by atoms with Crippen LogP contribution in [0.15, 0.2) is 24.3 Å². The zero-order valence-electron chi connectivity index (χ0n) is 9.24. The quantitative estimate of drug-likeness (QED) is 0.430. The van der Waals surface area contributed by atoms with E-state index in [-0.39, 0.29) is 5.91 Å². The number of nitrogens with one attached hydrogen (secondary N) is 1. The maximum Gasteiger partial charge on any atom is 0.267 e. The van der Waals surface area contributed by atoms with Gasteiger partial charge in [-0.1, -0.05) is 18.2 Å². The lowest BCUT2D eigenvalue weighted by atomic mass is 10.1. The van der Waals surface area contributed by atoms with Gasteiger partial charge in [0.15, 0.2) is 0 Å². The molecular weight excluding hydrogens is 202 g/mol. The monoisotopic (exact) mass is 215 g/mol. The lowest BCUT2D eigenvalue weighted by Crippen LogP contribution is -2.30. The topological polar surface area (TPSA) is 68.0 Å². The fourth-order valence-corrected chi connectivity index (χ4v) is 1.75. The summed E-state index contributed by atoms with van der Waals surface area (Å²) in [5, 5.41) is 0.948. The van der Waals surface area contributed by atoms with Crippen LogP contribution in [0.1, 0.15) is 21.6 Å². The molecule has 0 aliphatic carbocycles. The average molecular weight is 215 g/mol. The number of carbonyl (C=O) groups is 1. The first-order valence-electron chi connectivity index (χ1n) is 5.01. The van der Waals surface area contributed by atoms with Gasteiger partial charge in [0.2, 0.25) is 0 Å². The van der Waals surface area contributed by atoms with Crippen molar-refractivity contribution in [2.45, 2.75) is 13.8 Å². The number of carbonyl (C=O) groups excluding carboxylic acids is 1. The van der Waals surface area contributed by atoms with Crippen molar-refractivity contribution in [1.29, 1.82) is 0 Å². The van der Waals surface area contributed by atoms with Crippen LogP contribution in [0.3, 0.4) is 0 Å². The molecule has 4 heteroatoms. The molecule has 82 valence electrons. The maximum atomic E-state index is 11.5. The number of nitrogens with two attached hydrogens (primary N) is 1. The Hall–Kier alpha value is -1.94. The van der Waals surface area contributed by atoms with E-state index in [0.717, 1.165) is 16.5 Å². The zero-order chi connectivity index (χ0) is 11.7. The van der Waals surface area contributed by atoms with E-state index in [2.05, 4.69) is 10.4 Å². The SMILES string of the molecule is Cc1nc2c(C)cccc2cc1C(=O)NN. The third-order valence-corrected chi connectivity index (χ3v) is 2.61. The Labute approximate surface area is 93.4 Å². The number of pyridine rings is 1. The van der Waals surface area contributed by atoms with Crippen molar-refractivity contribution >= 4 is 16.8 Å². The fourth-order valence-electron chi connectivity index (χ4n) is 1.75. The van der Waals surface area contributed by atoms with Gasteiger partial charge < -0.3 is 0 Å². The number of hydrazine groups is 1. The molecule has 0 radical (unpaired) electrons. The Kier molecular flexibility index (Phi) is 2.58. The van der Waals surface area contributed by atoms with Gasteiger partial charge in [-0.15, -0.1) is 0 Å². The van der Waals surface area contributed by atoms with Gasteiger partial charge in [0, 0.05) is 5.39 Å². The van der Waals surface area contributed by atoms with E-state index in [9.17, 15) is 4.79 Å². The number of nitrogens with zero attached hydrogens (tertiary/aromatic N) is 1. The number of hydrogen-bond donors (Lipinski definition) is 2. The molecule has 0 saturated heterocycles. The number of aromatic nitrogens is 1. The molecule has 1 aromatic heterocycles. The Morgan fingerprint density at radius 1 is 1.38 bits per heavy atom. The third kappa shape index (κ3) is 1.63. The first-order valence-corrected chi connectivity index (χ1v) is 5.01. The largest absolute Gasteiger partial charge is 0.290 e. The highest BCUT2D eigenvalue weighted by atomic mass is 16.2. The fraction of sp³-hybridized carbons (Fsp3) is 0.167. The zero-order valence-corrected chi connectivity index (χ0v) is 9.24. The highest BCUT2D eigenvalue weighted by Gasteiger charge is 2.10. The second-order valence-electron chi connectivity index (χ2n) is 3.74. The van der Waals surface area contributed by atoms with E-state index < -0.39 is 0 Å². The maximum absolute atomic E-state index is 11.5. The molecule has 3 N–H and O–H groups in total. The minimum absolute atomic E-state index is 0.312. The molecule has 0 fully saturated rings. The van der Waals surface area contributed by atoms with Crippen molar-refractivity contribution < 1.29 is 4.79 Å². The molecule has 0 bridgehead atoms. The second-order valence-corrected chi connectivity index (χ2v) is 3.74. The smallest absolute Gasteiger partial charge is 0.267 e. The third-order valence-electron chi connectivity index (χ3n) is 2.61. The van der Waals surface area contributed by atoms with Crippen LogP contribution < -0.4 is 11.3 Å². The number of para-hydroxylation sites is 1. The highest BCUT2D eigenvalue weighted by Crippen LogP contribution is 2.19. The van der Waals surface area contributed by atoms with Crippen LogP contribution in [0.4, 0.5) is 0 Å². The molecule has 16 heavy (non-hydrogen) atoms. The Morgan fingerprint density at radius 2 is 2.12 bits per heavy atom. The molecule has 1 aromatic carbocycles. The van der Waals surface area contributed by atoms with Crippen LogP contribution in [0.25, 0.3) is 10.9 Å². The number of benzene rings is 1. The van der Waals surface area contributed by atoms with Crippen molar-refractivity contribution in [3.8, 4) is 0 Å². The standard InChI is InChI=1S/C12H13N3O/c1-7-4-3-5-9-6-10(12(16)15-13)8(2)14-11(7)9/h3-6H,13H2,1-2H3,(H,15,16). The number of aryl methyl sites for hydroxylation is 2. The number of hydrogen-bond acceptors (Lipinski definition) is 3. The molecule has 0 spiro atoms. The predicted molar refractivity (Wildman–Crippen MR) is 62.9 cm³/mol. The Morgan fingerprint density at radius 3 is 2.81 bits per heavy atom. The van der Waals surface area contributed by atoms with Crippen molar-refractivity contribution in [3.05, 3.63) is 41.1 Å². The minimum atomic E-state index is -0.312. The van der Waals surface area contributed by atoms with Crippen molar-refractivity contribution in [3.63, 3.8) is 0 Å². The van der Waals surface area contributed by atoms with E-state index in [1.54, 1.807) is 6.92 Å². The first kappa shape index (κ1) is 10.6. The number of fused-ring (bicyclic) bond motifs is 1. The number of nitrogen functional groups attached to an aromatic ring is 1. The number of amides is 1. The Balaban J connectivity index is 2.72. The highest BCUT2D eigenvalue weighted by molar-refractivity contribution is 5.98. The molecular formula is C12H13N3O. The van der Waals surface area contributed by atoms with Crippen LogP contribution in [0.2, 0.25) is 0 Å². The van der Waals surface area contributed by atoms with Crippen molar-refractivity contribution in [2.75, 3.05) is 0 Å². The molecule has 0 saturated carbocycles. The van der Waals surface area contributed by atoms with Gasteiger partial charge in [-0.25, -0.2) is 5.84 Å². The molecule has 0 atom stereocenters. The van der Waals surface area contributed by atoms with Gasteiger partial charge in [-0.05, 0) is 25.5 Å². The van der Waals surface area contributed by atoms with E-state index in [4.69, 9.17) is 5.84 Å². The summed E-state index contributed by atoms with van der Waals surface area (Å²) in [5.41, 5.74) is 5.34. The van der Waals surface area contributed by atoms with Crippen LogP contribution in [0, 0.1) is 13.8 Å². The molecule has 4 nitrogen and oxygen atoms in total.